The Kier molecular flexibility index (Phi) is 3.44. The van der Waals surface area contributed by atoms with Crippen LogP contribution in [-0.2, 0) is 11.2 Å². The molecule has 2 rings (SSSR count). The van der Waals surface area contributed by atoms with Crippen molar-refractivity contribution in [3.8, 4) is 5.75 Å². The number of rotatable bonds is 3. The maximum absolute atomic E-state index is 11.3. The number of fused-ring (bicyclic) bond motifs is 1. The fourth-order valence-corrected chi connectivity index (χ4v) is 1.89. The maximum Gasteiger partial charge on any atom is 0.311 e. The van der Waals surface area contributed by atoms with E-state index in [9.17, 15) is 4.79 Å². The lowest BCUT2D eigenvalue weighted by atomic mass is 10.0. The van der Waals surface area contributed by atoms with Crippen molar-refractivity contribution in [1.29, 1.82) is 0 Å². The summed E-state index contributed by atoms with van der Waals surface area (Å²) in [5.74, 6) is 0.491. The van der Waals surface area contributed by atoms with Crippen molar-refractivity contribution in [1.82, 2.24) is 0 Å². The molecule has 0 aromatic heterocycles. The molecule has 1 aliphatic rings. The van der Waals surface area contributed by atoms with E-state index in [1.807, 2.05) is 25.1 Å². The molecule has 1 N–H and O–H groups in total. The lowest BCUT2D eigenvalue weighted by Crippen LogP contribution is -2.12. The molecule has 1 heterocycles. The van der Waals surface area contributed by atoms with Gasteiger partial charge >= 0.3 is 5.97 Å². The van der Waals surface area contributed by atoms with E-state index < -0.39 is 0 Å². The minimum Gasteiger partial charge on any atom is -0.426 e. The lowest BCUT2D eigenvalue weighted by molar-refractivity contribution is -0.134. The average molecular weight is 219 g/mol. The van der Waals surface area contributed by atoms with Gasteiger partial charge in [-0.25, -0.2) is 0 Å². The Labute approximate surface area is 95.8 Å². The first-order valence-electron chi connectivity index (χ1n) is 5.87. The van der Waals surface area contributed by atoms with Crippen molar-refractivity contribution in [2.24, 2.45) is 0 Å². The Morgan fingerprint density at radius 2 is 2.38 bits per heavy atom. The molecule has 0 saturated heterocycles. The van der Waals surface area contributed by atoms with E-state index >= 15 is 0 Å². The van der Waals surface area contributed by atoms with E-state index in [4.69, 9.17) is 4.74 Å². The summed E-state index contributed by atoms with van der Waals surface area (Å²) < 4.78 is 5.24. The van der Waals surface area contributed by atoms with E-state index in [1.165, 1.54) is 12.0 Å². The second kappa shape index (κ2) is 5.01. The normalized spacial score (nSPS) is 13.8. The summed E-state index contributed by atoms with van der Waals surface area (Å²) in [7, 11) is 0. The van der Waals surface area contributed by atoms with Crippen LogP contribution < -0.4 is 10.1 Å². The van der Waals surface area contributed by atoms with Crippen molar-refractivity contribution >= 4 is 11.7 Å². The van der Waals surface area contributed by atoms with Gasteiger partial charge in [0.2, 0.25) is 0 Å². The fraction of sp³-hybridized carbons (Fsp3) is 0.462. The van der Waals surface area contributed by atoms with Crippen LogP contribution in [0, 0.1) is 0 Å². The van der Waals surface area contributed by atoms with E-state index in [0.29, 0.717) is 12.2 Å². The molecule has 1 aromatic carbocycles. The minimum absolute atomic E-state index is 0.154. The molecule has 0 unspecified atom stereocenters. The van der Waals surface area contributed by atoms with Gasteiger partial charge in [-0.15, -0.1) is 0 Å². The summed E-state index contributed by atoms with van der Waals surface area (Å²) in [6.45, 7) is 2.97. The van der Waals surface area contributed by atoms with E-state index in [2.05, 4.69) is 5.32 Å². The van der Waals surface area contributed by atoms with Crippen LogP contribution >= 0.6 is 0 Å². The van der Waals surface area contributed by atoms with Gasteiger partial charge in [0.25, 0.3) is 0 Å². The zero-order chi connectivity index (χ0) is 11.4. The van der Waals surface area contributed by atoms with Gasteiger partial charge in [0, 0.05) is 24.7 Å². The number of anilines is 1. The monoisotopic (exact) mass is 219 g/mol. The van der Waals surface area contributed by atoms with Crippen molar-refractivity contribution in [3.05, 3.63) is 23.8 Å². The number of carbonyl (C=O) groups excluding carboxylic acids is 1. The maximum atomic E-state index is 11.3. The quantitative estimate of drug-likeness (QED) is 0.627. The Balaban J connectivity index is 2.08. The second-order valence-electron chi connectivity index (χ2n) is 4.07. The van der Waals surface area contributed by atoms with Crippen LogP contribution in [0.1, 0.15) is 31.7 Å². The highest BCUT2D eigenvalue weighted by Crippen LogP contribution is 2.26. The van der Waals surface area contributed by atoms with Gasteiger partial charge in [-0.3, -0.25) is 4.79 Å². The number of ether oxygens (including phenoxy) is 1. The first-order chi connectivity index (χ1) is 7.79. The van der Waals surface area contributed by atoms with Gasteiger partial charge in [0.05, 0.1) is 0 Å². The molecule has 0 atom stereocenters. The fourth-order valence-electron chi connectivity index (χ4n) is 1.89. The van der Waals surface area contributed by atoms with Crippen LogP contribution in [-0.4, -0.2) is 12.5 Å². The van der Waals surface area contributed by atoms with E-state index in [0.717, 1.165) is 25.1 Å². The van der Waals surface area contributed by atoms with Crippen LogP contribution in [0.5, 0.6) is 5.75 Å². The topological polar surface area (TPSA) is 38.3 Å². The van der Waals surface area contributed by atoms with Crippen LogP contribution in [0.15, 0.2) is 18.2 Å². The summed E-state index contributed by atoms with van der Waals surface area (Å²) in [6.07, 6.45) is 3.57. The first kappa shape index (κ1) is 11.0. The largest absolute Gasteiger partial charge is 0.426 e. The molecule has 0 bridgehead atoms. The lowest BCUT2D eigenvalue weighted by Gasteiger charge is -2.18. The number of benzene rings is 1. The predicted molar refractivity (Wildman–Crippen MR) is 63.8 cm³/mol. The standard InChI is InChI=1S/C13H17NO2/c1-2-4-13(15)16-11-7-6-10-5-3-8-14-12(10)9-11/h6-7,9,14H,2-5,8H2,1H3. The number of esters is 1. The number of carbonyl (C=O) groups is 1. The van der Waals surface area contributed by atoms with E-state index in [-0.39, 0.29) is 5.97 Å². The molecule has 3 heteroatoms. The highest BCUT2D eigenvalue weighted by Gasteiger charge is 2.10. The molecule has 0 saturated carbocycles. The Hall–Kier alpha value is -1.51. The van der Waals surface area contributed by atoms with Gasteiger partial charge in [0.1, 0.15) is 5.75 Å². The third-order valence-corrected chi connectivity index (χ3v) is 2.71. The first-order valence-corrected chi connectivity index (χ1v) is 5.87. The molecular formula is C13H17NO2. The smallest absolute Gasteiger partial charge is 0.311 e. The molecule has 0 aliphatic carbocycles. The molecule has 0 fully saturated rings. The van der Waals surface area contributed by atoms with Gasteiger partial charge in [0.15, 0.2) is 0 Å². The summed E-state index contributed by atoms with van der Waals surface area (Å²) in [6, 6.07) is 5.83. The molecule has 1 aromatic rings. The summed E-state index contributed by atoms with van der Waals surface area (Å²) in [5, 5.41) is 3.32. The molecule has 0 radical (unpaired) electrons. The molecule has 1 aliphatic heterocycles. The van der Waals surface area contributed by atoms with Crippen LogP contribution in [0.3, 0.4) is 0 Å². The average Bonchev–Trinajstić information content (AvgIpc) is 2.29. The van der Waals surface area contributed by atoms with E-state index in [1.54, 1.807) is 0 Å². The van der Waals surface area contributed by atoms with Gasteiger partial charge < -0.3 is 10.1 Å². The van der Waals surface area contributed by atoms with Crippen molar-refractivity contribution in [2.45, 2.75) is 32.6 Å². The molecule has 16 heavy (non-hydrogen) atoms. The highest BCUT2D eigenvalue weighted by atomic mass is 16.5. The number of aryl methyl sites for hydroxylation is 1. The third kappa shape index (κ3) is 2.54. The van der Waals surface area contributed by atoms with Gasteiger partial charge in [-0.2, -0.15) is 0 Å². The summed E-state index contributed by atoms with van der Waals surface area (Å²) >= 11 is 0. The second-order valence-corrected chi connectivity index (χ2v) is 4.07. The molecular weight excluding hydrogens is 202 g/mol. The Bertz CT molecular complexity index is 388. The summed E-state index contributed by atoms with van der Waals surface area (Å²) in [5.41, 5.74) is 2.41. The van der Waals surface area contributed by atoms with Crippen LogP contribution in [0.25, 0.3) is 0 Å². The number of nitrogens with one attached hydrogen (secondary N) is 1. The minimum atomic E-state index is -0.154. The highest BCUT2D eigenvalue weighted by molar-refractivity contribution is 5.73. The predicted octanol–water partition coefficient (Wildman–Crippen LogP) is 2.75. The summed E-state index contributed by atoms with van der Waals surface area (Å²) in [4.78, 5) is 11.3. The Morgan fingerprint density at radius 3 is 3.19 bits per heavy atom. The van der Waals surface area contributed by atoms with Crippen molar-refractivity contribution in [3.63, 3.8) is 0 Å². The molecule has 0 amide bonds. The molecule has 3 nitrogen and oxygen atoms in total. The molecule has 86 valence electrons. The molecule has 0 spiro atoms. The third-order valence-electron chi connectivity index (χ3n) is 2.71. The van der Waals surface area contributed by atoms with Crippen LogP contribution in [0.4, 0.5) is 5.69 Å². The number of hydrogen-bond donors (Lipinski definition) is 1. The van der Waals surface area contributed by atoms with Gasteiger partial charge in [-0.05, 0) is 30.9 Å². The SMILES string of the molecule is CCCC(=O)Oc1ccc2c(c1)NCCC2. The van der Waals surface area contributed by atoms with Crippen molar-refractivity contribution < 1.29 is 9.53 Å². The zero-order valence-corrected chi connectivity index (χ0v) is 9.58. The van der Waals surface area contributed by atoms with Crippen molar-refractivity contribution in [2.75, 3.05) is 11.9 Å². The Morgan fingerprint density at radius 1 is 1.50 bits per heavy atom. The zero-order valence-electron chi connectivity index (χ0n) is 9.58. The van der Waals surface area contributed by atoms with Gasteiger partial charge in [-0.1, -0.05) is 13.0 Å². The van der Waals surface area contributed by atoms with Crippen LogP contribution in [0.2, 0.25) is 0 Å². The number of hydrogen-bond acceptors (Lipinski definition) is 3.